The molecule has 9 heteroatoms. The van der Waals surface area contributed by atoms with Gasteiger partial charge in [-0.15, -0.1) is 21.5 Å². The van der Waals surface area contributed by atoms with Gasteiger partial charge in [0, 0.05) is 11.1 Å². The molecule has 0 spiro atoms. The molecule has 0 bridgehead atoms. The number of furan rings is 1. The molecule has 0 saturated heterocycles. The van der Waals surface area contributed by atoms with Crippen molar-refractivity contribution in [2.45, 2.75) is 30.3 Å². The zero-order chi connectivity index (χ0) is 28.0. The summed E-state index contributed by atoms with van der Waals surface area (Å²) < 4.78 is 7.61. The Morgan fingerprint density at radius 2 is 1.71 bits per heavy atom. The molecule has 6 rings (SSSR count). The molecular formula is C32H27N5O2S2. The summed E-state index contributed by atoms with van der Waals surface area (Å²) in [5.41, 5.74) is 4.74. The largest absolute Gasteiger partial charge is 0.461 e. The number of aromatic nitrogens is 4. The van der Waals surface area contributed by atoms with Gasteiger partial charge in [-0.2, -0.15) is 0 Å². The number of thioether (sulfide) groups is 1. The van der Waals surface area contributed by atoms with E-state index in [-0.39, 0.29) is 11.9 Å². The predicted octanol–water partition coefficient (Wildman–Crippen LogP) is 7.30. The van der Waals surface area contributed by atoms with E-state index in [0.717, 1.165) is 21.8 Å². The molecule has 3 aromatic heterocycles. The number of nitrogens with one attached hydrogen (secondary N) is 1. The van der Waals surface area contributed by atoms with Gasteiger partial charge in [0.15, 0.2) is 10.9 Å². The summed E-state index contributed by atoms with van der Waals surface area (Å²) >= 11 is 2.98. The Bertz CT molecular complexity index is 1710. The van der Waals surface area contributed by atoms with Crippen LogP contribution in [0.3, 0.4) is 0 Å². The number of amides is 1. The van der Waals surface area contributed by atoms with Crippen LogP contribution in [-0.4, -0.2) is 25.7 Å². The number of hydrogen-bond acceptors (Lipinski definition) is 7. The molecule has 0 fully saturated rings. The highest BCUT2D eigenvalue weighted by Gasteiger charge is 2.21. The molecule has 3 aromatic carbocycles. The van der Waals surface area contributed by atoms with Crippen molar-refractivity contribution in [2.75, 3.05) is 0 Å². The van der Waals surface area contributed by atoms with Gasteiger partial charge in [-0.25, -0.2) is 4.98 Å². The van der Waals surface area contributed by atoms with Crippen LogP contribution in [0.5, 0.6) is 0 Å². The third-order valence-corrected chi connectivity index (χ3v) is 8.54. The lowest BCUT2D eigenvalue weighted by Crippen LogP contribution is -2.30. The van der Waals surface area contributed by atoms with Gasteiger partial charge in [0.25, 0.3) is 5.91 Å². The maximum absolute atomic E-state index is 13.3. The summed E-state index contributed by atoms with van der Waals surface area (Å²) in [6, 6.07) is 32.0. The number of aryl methyl sites for hydroxylation is 1. The highest BCUT2D eigenvalue weighted by molar-refractivity contribution is 7.98. The normalized spacial score (nSPS) is 11.8. The Labute approximate surface area is 246 Å². The number of rotatable bonds is 10. The first-order valence-electron chi connectivity index (χ1n) is 13.2. The van der Waals surface area contributed by atoms with Gasteiger partial charge in [-0.05, 0) is 48.7 Å². The zero-order valence-corrected chi connectivity index (χ0v) is 23.9. The average Bonchev–Trinajstić information content (AvgIpc) is 3.78. The van der Waals surface area contributed by atoms with E-state index in [4.69, 9.17) is 4.42 Å². The molecule has 3 heterocycles. The van der Waals surface area contributed by atoms with Gasteiger partial charge in [0.1, 0.15) is 10.7 Å². The fourth-order valence-electron chi connectivity index (χ4n) is 4.48. The fourth-order valence-corrected chi connectivity index (χ4v) is 6.23. The van der Waals surface area contributed by atoms with E-state index < -0.39 is 0 Å². The molecule has 0 aliphatic carbocycles. The lowest BCUT2D eigenvalue weighted by Gasteiger charge is -2.19. The molecule has 41 heavy (non-hydrogen) atoms. The Morgan fingerprint density at radius 3 is 2.44 bits per heavy atom. The molecule has 0 aliphatic rings. The minimum absolute atomic E-state index is 0.168. The Kier molecular flexibility index (Phi) is 8.06. The van der Waals surface area contributed by atoms with Crippen molar-refractivity contribution in [2.24, 2.45) is 0 Å². The number of carbonyl (C=O) groups excluding carboxylic acids is 1. The van der Waals surface area contributed by atoms with Gasteiger partial charge in [0.2, 0.25) is 5.82 Å². The van der Waals surface area contributed by atoms with Crippen LogP contribution < -0.4 is 5.32 Å². The Balaban J connectivity index is 1.18. The summed E-state index contributed by atoms with van der Waals surface area (Å²) in [6.45, 7) is 2.05. The van der Waals surface area contributed by atoms with E-state index in [9.17, 15) is 4.79 Å². The van der Waals surface area contributed by atoms with Crippen molar-refractivity contribution in [1.29, 1.82) is 0 Å². The second kappa shape index (κ2) is 12.4. The molecule has 1 atom stereocenters. The lowest BCUT2D eigenvalue weighted by molar-refractivity contribution is 0.0932. The SMILES string of the molecule is Cc1ccc(-n2c(SCc3nc(C(=O)NC(Cc4ccccc4)c4ccccc4)cs3)nnc2-c2ccco2)cc1. The van der Waals surface area contributed by atoms with E-state index >= 15 is 0 Å². The minimum atomic E-state index is -0.190. The molecule has 1 unspecified atom stereocenters. The zero-order valence-electron chi connectivity index (χ0n) is 22.3. The summed E-state index contributed by atoms with van der Waals surface area (Å²) in [7, 11) is 0. The minimum Gasteiger partial charge on any atom is -0.461 e. The van der Waals surface area contributed by atoms with E-state index in [1.54, 1.807) is 6.26 Å². The topological polar surface area (TPSA) is 85.8 Å². The van der Waals surface area contributed by atoms with Crippen LogP contribution in [0.1, 0.15) is 38.2 Å². The van der Waals surface area contributed by atoms with Crippen LogP contribution >= 0.6 is 23.1 Å². The predicted molar refractivity (Wildman–Crippen MR) is 162 cm³/mol. The molecule has 0 aliphatic heterocycles. The fraction of sp³-hybridized carbons (Fsp3) is 0.125. The summed E-state index contributed by atoms with van der Waals surface area (Å²) in [4.78, 5) is 18.0. The van der Waals surface area contributed by atoms with Crippen molar-refractivity contribution < 1.29 is 9.21 Å². The van der Waals surface area contributed by atoms with E-state index in [0.29, 0.717) is 34.6 Å². The molecular weight excluding hydrogens is 551 g/mol. The smallest absolute Gasteiger partial charge is 0.271 e. The number of carbonyl (C=O) groups is 1. The van der Waals surface area contributed by atoms with Gasteiger partial charge in [0.05, 0.1) is 18.1 Å². The van der Waals surface area contributed by atoms with E-state index in [1.807, 2.05) is 82.7 Å². The molecule has 0 saturated carbocycles. The van der Waals surface area contributed by atoms with Crippen LogP contribution in [0.2, 0.25) is 0 Å². The highest BCUT2D eigenvalue weighted by Crippen LogP contribution is 2.31. The first-order valence-corrected chi connectivity index (χ1v) is 15.0. The number of hydrogen-bond donors (Lipinski definition) is 1. The molecule has 0 radical (unpaired) electrons. The molecule has 6 aromatic rings. The molecule has 1 N–H and O–H groups in total. The standard InChI is InChI=1S/C32H27N5O2S2/c1-22-14-16-25(17-15-22)37-30(28-13-8-18-39-28)35-36-32(37)41-21-29-33-27(20-40-29)31(38)34-26(24-11-6-3-7-12-24)19-23-9-4-2-5-10-23/h2-18,20,26H,19,21H2,1H3,(H,34,38). The maximum Gasteiger partial charge on any atom is 0.271 e. The van der Waals surface area contributed by atoms with Crippen molar-refractivity contribution in [1.82, 2.24) is 25.1 Å². The average molecular weight is 578 g/mol. The van der Waals surface area contributed by atoms with Crippen LogP contribution in [0.15, 0.2) is 118 Å². The first-order chi connectivity index (χ1) is 20.1. The van der Waals surface area contributed by atoms with Crippen molar-refractivity contribution in [3.63, 3.8) is 0 Å². The van der Waals surface area contributed by atoms with Gasteiger partial charge in [-0.3, -0.25) is 9.36 Å². The van der Waals surface area contributed by atoms with Crippen molar-refractivity contribution >= 4 is 29.0 Å². The van der Waals surface area contributed by atoms with Crippen molar-refractivity contribution in [3.8, 4) is 17.3 Å². The summed E-state index contributed by atoms with van der Waals surface area (Å²) in [5, 5.41) is 15.4. The van der Waals surface area contributed by atoms with E-state index in [2.05, 4.69) is 51.7 Å². The van der Waals surface area contributed by atoms with Crippen LogP contribution in [0.25, 0.3) is 17.3 Å². The number of thiazole rings is 1. The van der Waals surface area contributed by atoms with Crippen molar-refractivity contribution in [3.05, 3.63) is 136 Å². The molecule has 1 amide bonds. The van der Waals surface area contributed by atoms with Crippen LogP contribution in [-0.2, 0) is 12.2 Å². The third kappa shape index (κ3) is 6.32. The first kappa shape index (κ1) is 26.7. The monoisotopic (exact) mass is 577 g/mol. The van der Waals surface area contributed by atoms with E-state index in [1.165, 1.54) is 28.7 Å². The quantitative estimate of drug-likeness (QED) is 0.172. The van der Waals surface area contributed by atoms with Gasteiger partial charge < -0.3 is 9.73 Å². The third-order valence-electron chi connectivity index (χ3n) is 6.57. The highest BCUT2D eigenvalue weighted by atomic mass is 32.2. The number of nitrogens with zero attached hydrogens (tertiary/aromatic N) is 4. The summed E-state index contributed by atoms with van der Waals surface area (Å²) in [5.74, 6) is 1.63. The van der Waals surface area contributed by atoms with Gasteiger partial charge >= 0.3 is 0 Å². The maximum atomic E-state index is 13.3. The van der Waals surface area contributed by atoms with Crippen LogP contribution in [0, 0.1) is 6.92 Å². The Morgan fingerprint density at radius 1 is 0.951 bits per heavy atom. The Hall–Kier alpha value is -4.47. The summed E-state index contributed by atoms with van der Waals surface area (Å²) in [6.07, 6.45) is 2.32. The lowest BCUT2D eigenvalue weighted by atomic mass is 9.99. The molecule has 7 nitrogen and oxygen atoms in total. The second-order valence-corrected chi connectivity index (χ2v) is 11.4. The van der Waals surface area contributed by atoms with Gasteiger partial charge in [-0.1, -0.05) is 90.1 Å². The molecule has 204 valence electrons. The van der Waals surface area contributed by atoms with Crippen LogP contribution in [0.4, 0.5) is 0 Å². The second-order valence-electron chi connectivity index (χ2n) is 9.50. The number of benzene rings is 3.